The maximum absolute atomic E-state index is 12.7. The molecule has 0 aromatic carbocycles. The Hall–Kier alpha value is -3.11. The molecule has 0 aliphatic heterocycles. The predicted molar refractivity (Wildman–Crippen MR) is 124 cm³/mol. The molecule has 12 N–H and O–H groups in total. The first-order valence-corrected chi connectivity index (χ1v) is 10.9. The van der Waals surface area contributed by atoms with Crippen molar-refractivity contribution >= 4 is 48.2 Å². The quantitative estimate of drug-likeness (QED) is 0.0417. The molecule has 0 aliphatic rings. The van der Waals surface area contributed by atoms with Gasteiger partial charge in [0.1, 0.15) is 12.1 Å². The van der Waals surface area contributed by atoms with Gasteiger partial charge in [-0.25, -0.2) is 4.79 Å². The number of nitrogens with zero attached hydrogens (tertiary/aromatic N) is 1. The molecule has 16 heteroatoms. The van der Waals surface area contributed by atoms with E-state index in [9.17, 15) is 34.2 Å². The normalized spacial score (nSPS) is 15.1. The lowest BCUT2D eigenvalue weighted by Crippen LogP contribution is -2.58. The number of aliphatic imine (C=N–C) groups is 1. The highest BCUT2D eigenvalue weighted by Gasteiger charge is 2.31. The summed E-state index contributed by atoms with van der Waals surface area (Å²) in [5.41, 5.74) is 16.1. The number of thiol groups is 1. The molecule has 3 amide bonds. The van der Waals surface area contributed by atoms with Crippen molar-refractivity contribution in [3.63, 3.8) is 0 Å². The summed E-state index contributed by atoms with van der Waals surface area (Å²) < 4.78 is 0. The van der Waals surface area contributed by atoms with Crippen molar-refractivity contribution in [1.29, 1.82) is 0 Å². The fraction of sp³-hybridized carbons (Fsp3) is 0.667. The summed E-state index contributed by atoms with van der Waals surface area (Å²) in [7, 11) is 0. The number of hydrogen-bond acceptors (Lipinski definition) is 9. The molecule has 15 nitrogen and oxygen atoms in total. The molecule has 0 radical (unpaired) electrons. The summed E-state index contributed by atoms with van der Waals surface area (Å²) in [4.78, 5) is 63.2. The second kappa shape index (κ2) is 15.7. The summed E-state index contributed by atoms with van der Waals surface area (Å²) >= 11 is 4.01. The average molecular weight is 508 g/mol. The average Bonchev–Trinajstić information content (AvgIpc) is 2.74. The molecule has 0 aromatic rings. The molecule has 5 unspecified atom stereocenters. The Kier molecular flexibility index (Phi) is 14.2. The zero-order chi connectivity index (χ0) is 26.4. The third kappa shape index (κ3) is 12.2. The Bertz CT molecular complexity index is 761. The zero-order valence-corrected chi connectivity index (χ0v) is 19.5. The number of guanidine groups is 1. The number of amides is 3. The fourth-order valence-electron chi connectivity index (χ4n) is 2.57. The van der Waals surface area contributed by atoms with E-state index in [-0.39, 0.29) is 43.9 Å². The fourth-order valence-corrected chi connectivity index (χ4v) is 2.83. The van der Waals surface area contributed by atoms with Crippen LogP contribution in [0.2, 0.25) is 0 Å². The largest absolute Gasteiger partial charge is 0.481 e. The molecule has 0 spiro atoms. The number of carboxylic acids is 2. The van der Waals surface area contributed by atoms with Crippen molar-refractivity contribution in [3.05, 3.63) is 0 Å². The van der Waals surface area contributed by atoms with Gasteiger partial charge in [0.2, 0.25) is 17.7 Å². The maximum atomic E-state index is 12.7. The van der Waals surface area contributed by atoms with E-state index >= 15 is 0 Å². The molecule has 34 heavy (non-hydrogen) atoms. The van der Waals surface area contributed by atoms with Crippen LogP contribution < -0.4 is 33.2 Å². The SMILES string of the molecule is CC(O)C(NC(=O)C(CCCN=C(N)N)NC(=O)C(CS)NC(=O)C(N)CCC(=O)O)C(=O)O. The van der Waals surface area contributed by atoms with Gasteiger partial charge in [-0.2, -0.15) is 12.6 Å². The molecule has 0 rings (SSSR count). The lowest BCUT2D eigenvalue weighted by Gasteiger charge is -2.25. The highest BCUT2D eigenvalue weighted by Crippen LogP contribution is 2.04. The molecule has 0 saturated carbocycles. The molecule has 0 saturated heterocycles. The first kappa shape index (κ1) is 30.9. The summed E-state index contributed by atoms with van der Waals surface area (Å²) in [5.74, 6) is -5.49. The minimum atomic E-state index is -1.63. The number of rotatable bonds is 16. The van der Waals surface area contributed by atoms with Gasteiger partial charge in [0.25, 0.3) is 0 Å². The number of nitrogens with one attached hydrogen (secondary N) is 3. The van der Waals surface area contributed by atoms with Crippen molar-refractivity contribution in [3.8, 4) is 0 Å². The van der Waals surface area contributed by atoms with E-state index in [1.165, 1.54) is 6.92 Å². The van der Waals surface area contributed by atoms with Crippen molar-refractivity contribution in [2.24, 2.45) is 22.2 Å². The number of hydrogen-bond donors (Lipinski definition) is 10. The van der Waals surface area contributed by atoms with Crippen molar-refractivity contribution < 1.29 is 39.3 Å². The van der Waals surface area contributed by atoms with E-state index in [0.717, 1.165) is 0 Å². The van der Waals surface area contributed by atoms with Crippen LogP contribution in [0.1, 0.15) is 32.6 Å². The third-order valence-electron chi connectivity index (χ3n) is 4.45. The second-order valence-corrected chi connectivity index (χ2v) is 7.72. The minimum Gasteiger partial charge on any atom is -0.481 e. The first-order chi connectivity index (χ1) is 15.8. The Morgan fingerprint density at radius 1 is 0.941 bits per heavy atom. The van der Waals surface area contributed by atoms with Gasteiger partial charge in [-0.3, -0.25) is 24.2 Å². The number of carboxylic acid groups (broad SMARTS) is 2. The first-order valence-electron chi connectivity index (χ1n) is 10.3. The van der Waals surface area contributed by atoms with E-state index in [1.54, 1.807) is 0 Å². The van der Waals surface area contributed by atoms with Gasteiger partial charge in [0, 0.05) is 18.7 Å². The summed E-state index contributed by atoms with van der Waals surface area (Å²) in [6, 6.07) is -5.31. The van der Waals surface area contributed by atoms with Gasteiger partial charge < -0.3 is 48.5 Å². The molecule has 0 aliphatic carbocycles. The van der Waals surface area contributed by atoms with Crippen LogP contribution in [0.25, 0.3) is 0 Å². The van der Waals surface area contributed by atoms with Gasteiger partial charge >= 0.3 is 11.9 Å². The molecule has 0 bridgehead atoms. The van der Waals surface area contributed by atoms with Crippen LogP contribution in [0.3, 0.4) is 0 Å². The molecule has 0 fully saturated rings. The van der Waals surface area contributed by atoms with Gasteiger partial charge in [0.05, 0.1) is 12.1 Å². The monoisotopic (exact) mass is 507 g/mol. The Labute approximate surface area is 201 Å². The summed E-state index contributed by atoms with van der Waals surface area (Å²) in [6.07, 6.45) is -1.71. The standard InChI is InChI=1S/C18H33N7O8S/c1-8(26)13(17(32)33)25-15(30)10(3-2-6-22-18(20)21)23-16(31)11(7-34)24-14(29)9(19)4-5-12(27)28/h8-11,13,26,34H,2-7,19H2,1H3,(H,23,31)(H,24,29)(H,25,30)(H,27,28)(H,32,33)(H4,20,21,22). The number of aliphatic hydroxyl groups excluding tert-OH is 1. The van der Waals surface area contributed by atoms with Gasteiger partial charge in [-0.05, 0) is 26.2 Å². The van der Waals surface area contributed by atoms with Crippen molar-refractivity contribution in [2.45, 2.75) is 62.9 Å². The van der Waals surface area contributed by atoms with Crippen LogP contribution in [0, 0.1) is 0 Å². The third-order valence-corrected chi connectivity index (χ3v) is 4.81. The highest BCUT2D eigenvalue weighted by atomic mass is 32.1. The van der Waals surface area contributed by atoms with E-state index in [0.29, 0.717) is 0 Å². The Morgan fingerprint density at radius 3 is 1.97 bits per heavy atom. The molecule has 0 aromatic heterocycles. The van der Waals surface area contributed by atoms with Crippen molar-refractivity contribution in [2.75, 3.05) is 12.3 Å². The van der Waals surface area contributed by atoms with Crippen LogP contribution in [0.15, 0.2) is 4.99 Å². The van der Waals surface area contributed by atoms with Gasteiger partial charge in [0.15, 0.2) is 12.0 Å². The van der Waals surface area contributed by atoms with E-state index in [1.807, 2.05) is 0 Å². The predicted octanol–water partition coefficient (Wildman–Crippen LogP) is -3.92. The second-order valence-electron chi connectivity index (χ2n) is 7.36. The number of aliphatic carboxylic acids is 2. The number of carbonyl (C=O) groups excluding carboxylic acids is 3. The number of nitrogens with two attached hydrogens (primary N) is 3. The van der Waals surface area contributed by atoms with E-state index < -0.39 is 59.9 Å². The van der Waals surface area contributed by atoms with E-state index in [2.05, 4.69) is 33.6 Å². The molecular weight excluding hydrogens is 474 g/mol. The summed E-state index contributed by atoms with van der Waals surface area (Å²) in [6.45, 7) is 1.29. The molecule has 5 atom stereocenters. The lowest BCUT2D eigenvalue weighted by atomic mass is 10.1. The van der Waals surface area contributed by atoms with Gasteiger partial charge in [-0.1, -0.05) is 0 Å². The van der Waals surface area contributed by atoms with Crippen LogP contribution in [-0.2, 0) is 24.0 Å². The topological polar surface area (TPSA) is 273 Å². The maximum Gasteiger partial charge on any atom is 0.328 e. The minimum absolute atomic E-state index is 0.00807. The lowest BCUT2D eigenvalue weighted by molar-refractivity contribution is -0.145. The number of aliphatic hydroxyl groups is 1. The van der Waals surface area contributed by atoms with Crippen LogP contribution >= 0.6 is 12.6 Å². The van der Waals surface area contributed by atoms with Gasteiger partial charge in [-0.15, -0.1) is 0 Å². The number of carbonyl (C=O) groups is 5. The van der Waals surface area contributed by atoms with Crippen molar-refractivity contribution in [1.82, 2.24) is 16.0 Å². The smallest absolute Gasteiger partial charge is 0.328 e. The highest BCUT2D eigenvalue weighted by molar-refractivity contribution is 7.80. The molecule has 0 heterocycles. The summed E-state index contributed by atoms with van der Waals surface area (Å²) in [5, 5.41) is 34.3. The Morgan fingerprint density at radius 2 is 1.50 bits per heavy atom. The molecular formula is C18H33N7O8S. The molecule has 194 valence electrons. The van der Waals surface area contributed by atoms with E-state index in [4.69, 9.17) is 22.3 Å². The van der Waals surface area contributed by atoms with Crippen LogP contribution in [-0.4, -0.2) is 93.5 Å². The van der Waals surface area contributed by atoms with Crippen LogP contribution in [0.5, 0.6) is 0 Å². The van der Waals surface area contributed by atoms with Crippen LogP contribution in [0.4, 0.5) is 0 Å². The Balaban J connectivity index is 5.35. The zero-order valence-electron chi connectivity index (χ0n) is 18.6.